The van der Waals surface area contributed by atoms with E-state index in [1.54, 1.807) is 21.9 Å². The van der Waals surface area contributed by atoms with E-state index in [9.17, 15) is 18.8 Å². The Bertz CT molecular complexity index is 1540. The van der Waals surface area contributed by atoms with Crippen molar-refractivity contribution in [2.45, 2.75) is 51.4 Å². The maximum absolute atomic E-state index is 15.0. The number of fused-ring (bicyclic) bond motifs is 1. The fraction of sp³-hybridized carbons (Fsp3) is 0.400. The second-order valence-corrected chi connectivity index (χ2v) is 12.2. The fourth-order valence-corrected chi connectivity index (χ4v) is 6.52. The highest BCUT2D eigenvalue weighted by Crippen LogP contribution is 2.29. The zero-order valence-corrected chi connectivity index (χ0v) is 26.9. The van der Waals surface area contributed by atoms with Crippen molar-refractivity contribution in [3.8, 4) is 0 Å². The summed E-state index contributed by atoms with van der Waals surface area (Å²) in [7, 11) is 0. The van der Waals surface area contributed by atoms with Gasteiger partial charge in [-0.15, -0.1) is 0 Å². The van der Waals surface area contributed by atoms with Gasteiger partial charge in [0.05, 0.1) is 0 Å². The Morgan fingerprint density at radius 1 is 0.978 bits per heavy atom. The summed E-state index contributed by atoms with van der Waals surface area (Å²) in [5, 5.41) is 6.95. The summed E-state index contributed by atoms with van der Waals surface area (Å²) in [6, 6.07) is 16.5. The molecule has 1 fully saturated rings. The largest absolute Gasteiger partial charge is 0.344 e. The topological polar surface area (TPSA) is 85.0 Å². The summed E-state index contributed by atoms with van der Waals surface area (Å²) in [6.45, 7) is 6.42. The zero-order chi connectivity index (χ0) is 32.8. The van der Waals surface area contributed by atoms with E-state index in [2.05, 4.69) is 10.6 Å². The Hall–Kier alpha value is -3.86. The molecule has 3 aromatic carbocycles. The number of piperazine rings is 1. The average Bonchev–Trinajstić information content (AvgIpc) is 3.46. The van der Waals surface area contributed by atoms with E-state index in [-0.39, 0.29) is 55.3 Å². The first-order valence-corrected chi connectivity index (χ1v) is 16.2. The Balaban J connectivity index is 1.31. The molecule has 5 rings (SSSR count). The van der Waals surface area contributed by atoms with Gasteiger partial charge in [0.25, 0.3) is 0 Å². The molecule has 8 nitrogen and oxygen atoms in total. The minimum Gasteiger partial charge on any atom is -0.344 e. The first kappa shape index (κ1) is 33.5. The molecule has 1 saturated heterocycles. The van der Waals surface area contributed by atoms with E-state index in [4.69, 9.17) is 11.6 Å². The lowest BCUT2D eigenvalue weighted by Crippen LogP contribution is -2.57. The second-order valence-electron chi connectivity index (χ2n) is 11.7. The van der Waals surface area contributed by atoms with E-state index in [1.807, 2.05) is 55.1 Å². The standard InChI is InChI=1S/C35H40ClF2N5O3/c1-3-41(4-2)35(46)33(28-14-13-26(37)20-29(28)38)42-15-17-43(18-16-42)34(45)31(19-23-9-11-25(36)12-10-23)40-32(44)21-30-27-8-6-5-7-24(27)22-39-30/h5-14,20,30-31,33,39H,3-4,15-19,21-22H2,1-2H3,(H,40,44). The number of hydrogen-bond acceptors (Lipinski definition) is 5. The second kappa shape index (κ2) is 15.2. The Labute approximate surface area is 273 Å². The van der Waals surface area contributed by atoms with E-state index in [0.29, 0.717) is 37.7 Å². The molecule has 0 aromatic heterocycles. The highest BCUT2D eigenvalue weighted by molar-refractivity contribution is 6.30. The van der Waals surface area contributed by atoms with Crippen LogP contribution in [0, 0.1) is 11.6 Å². The van der Waals surface area contributed by atoms with Gasteiger partial charge in [-0.2, -0.15) is 0 Å². The Kier molecular flexibility index (Phi) is 11.0. The van der Waals surface area contributed by atoms with Crippen molar-refractivity contribution in [3.63, 3.8) is 0 Å². The number of benzene rings is 3. The van der Waals surface area contributed by atoms with Crippen LogP contribution in [0.15, 0.2) is 66.7 Å². The normalized spacial score (nSPS) is 17.7. The molecule has 0 bridgehead atoms. The van der Waals surface area contributed by atoms with Gasteiger partial charge in [-0.1, -0.05) is 54.1 Å². The first-order chi connectivity index (χ1) is 22.2. The lowest BCUT2D eigenvalue weighted by molar-refractivity contribution is -0.141. The summed E-state index contributed by atoms with van der Waals surface area (Å²) >= 11 is 6.09. The van der Waals surface area contributed by atoms with Crippen LogP contribution in [0.4, 0.5) is 8.78 Å². The predicted molar refractivity (Wildman–Crippen MR) is 173 cm³/mol. The molecule has 3 atom stereocenters. The SMILES string of the molecule is CCN(CC)C(=O)C(c1ccc(F)cc1F)N1CCN(C(=O)C(Cc2ccc(Cl)cc2)NC(=O)CC2NCc3ccccc32)CC1. The van der Waals surface area contributed by atoms with Crippen molar-refractivity contribution < 1.29 is 23.2 Å². The van der Waals surface area contributed by atoms with Gasteiger partial charge in [-0.25, -0.2) is 8.78 Å². The van der Waals surface area contributed by atoms with Crippen molar-refractivity contribution in [3.05, 3.63) is 106 Å². The van der Waals surface area contributed by atoms with E-state index >= 15 is 4.39 Å². The number of carbonyl (C=O) groups excluding carboxylic acids is 3. The van der Waals surface area contributed by atoms with Crippen molar-refractivity contribution in [1.82, 2.24) is 25.3 Å². The summed E-state index contributed by atoms with van der Waals surface area (Å²) in [5.41, 5.74) is 3.20. The minimum absolute atomic E-state index is 0.105. The van der Waals surface area contributed by atoms with Gasteiger partial charge in [0.2, 0.25) is 17.7 Å². The van der Waals surface area contributed by atoms with Crippen LogP contribution in [0.3, 0.4) is 0 Å². The molecular formula is C35H40ClF2N5O3. The van der Waals surface area contributed by atoms with Crippen LogP contribution in [0.5, 0.6) is 0 Å². The van der Waals surface area contributed by atoms with Gasteiger partial charge in [0.1, 0.15) is 23.7 Å². The number of likely N-dealkylation sites (N-methyl/N-ethyl adjacent to an activating group) is 1. The molecule has 46 heavy (non-hydrogen) atoms. The maximum atomic E-state index is 15.0. The van der Waals surface area contributed by atoms with Crippen molar-refractivity contribution in [2.75, 3.05) is 39.3 Å². The summed E-state index contributed by atoms with van der Waals surface area (Å²) < 4.78 is 28.8. The van der Waals surface area contributed by atoms with E-state index in [1.165, 1.54) is 6.07 Å². The fourth-order valence-electron chi connectivity index (χ4n) is 6.39. The van der Waals surface area contributed by atoms with Gasteiger partial charge < -0.3 is 20.4 Å². The highest BCUT2D eigenvalue weighted by atomic mass is 35.5. The lowest BCUT2D eigenvalue weighted by atomic mass is 10.0. The monoisotopic (exact) mass is 651 g/mol. The lowest BCUT2D eigenvalue weighted by Gasteiger charge is -2.41. The average molecular weight is 652 g/mol. The van der Waals surface area contributed by atoms with Crippen LogP contribution in [-0.2, 0) is 27.3 Å². The third kappa shape index (κ3) is 7.74. The van der Waals surface area contributed by atoms with Crippen molar-refractivity contribution in [1.29, 1.82) is 0 Å². The number of rotatable bonds is 11. The maximum Gasteiger partial charge on any atom is 0.245 e. The molecule has 2 heterocycles. The van der Waals surface area contributed by atoms with Crippen LogP contribution in [0.2, 0.25) is 5.02 Å². The molecule has 2 N–H and O–H groups in total. The summed E-state index contributed by atoms with van der Waals surface area (Å²) in [6.07, 6.45) is 0.466. The molecule has 3 amide bonds. The molecule has 2 aliphatic heterocycles. The van der Waals surface area contributed by atoms with E-state index in [0.717, 1.165) is 28.8 Å². The van der Waals surface area contributed by atoms with Gasteiger partial charge in [-0.3, -0.25) is 19.3 Å². The van der Waals surface area contributed by atoms with Gasteiger partial charge in [0, 0.05) is 81.3 Å². The number of amides is 3. The minimum atomic E-state index is -0.955. The quantitative estimate of drug-likeness (QED) is 0.316. The number of halogens is 3. The van der Waals surface area contributed by atoms with Crippen LogP contribution < -0.4 is 10.6 Å². The van der Waals surface area contributed by atoms with Gasteiger partial charge in [0.15, 0.2) is 0 Å². The smallest absolute Gasteiger partial charge is 0.245 e. The number of carbonyl (C=O) groups is 3. The summed E-state index contributed by atoms with van der Waals surface area (Å²) in [4.78, 5) is 46.1. The molecule has 11 heteroatoms. The molecule has 0 aliphatic carbocycles. The van der Waals surface area contributed by atoms with Gasteiger partial charge in [-0.05, 0) is 48.7 Å². The zero-order valence-electron chi connectivity index (χ0n) is 26.1. The van der Waals surface area contributed by atoms with Crippen LogP contribution in [0.1, 0.15) is 54.6 Å². The third-order valence-corrected chi connectivity index (χ3v) is 9.15. The van der Waals surface area contributed by atoms with Crippen molar-refractivity contribution in [2.24, 2.45) is 0 Å². The molecule has 0 saturated carbocycles. The molecular weight excluding hydrogens is 612 g/mol. The number of nitrogens with zero attached hydrogens (tertiary/aromatic N) is 3. The Morgan fingerprint density at radius 3 is 2.35 bits per heavy atom. The predicted octanol–water partition coefficient (Wildman–Crippen LogP) is 4.63. The molecule has 2 aliphatic rings. The first-order valence-electron chi connectivity index (χ1n) is 15.8. The molecule has 0 spiro atoms. The third-order valence-electron chi connectivity index (χ3n) is 8.90. The molecule has 3 aromatic rings. The number of hydrogen-bond donors (Lipinski definition) is 2. The number of nitrogens with one attached hydrogen (secondary N) is 2. The van der Waals surface area contributed by atoms with Crippen molar-refractivity contribution >= 4 is 29.3 Å². The van der Waals surface area contributed by atoms with Crippen LogP contribution in [0.25, 0.3) is 0 Å². The van der Waals surface area contributed by atoms with Gasteiger partial charge >= 0.3 is 0 Å². The van der Waals surface area contributed by atoms with Crippen LogP contribution in [-0.4, -0.2) is 77.7 Å². The van der Waals surface area contributed by atoms with Crippen LogP contribution >= 0.6 is 11.6 Å². The summed E-state index contributed by atoms with van der Waals surface area (Å²) in [5.74, 6) is -2.24. The molecule has 244 valence electrons. The molecule has 3 unspecified atom stereocenters. The Morgan fingerprint density at radius 2 is 1.67 bits per heavy atom. The molecule has 0 radical (unpaired) electrons. The highest BCUT2D eigenvalue weighted by Gasteiger charge is 2.37. The van der Waals surface area contributed by atoms with E-state index < -0.39 is 23.7 Å².